The molecule has 1 heterocycles. The summed E-state index contributed by atoms with van der Waals surface area (Å²) in [6.07, 6.45) is 0.612. The fourth-order valence-corrected chi connectivity index (χ4v) is 3.49. The van der Waals surface area contributed by atoms with Gasteiger partial charge < -0.3 is 24.2 Å². The average molecular weight is 358 g/mol. The second-order valence-corrected chi connectivity index (χ2v) is 6.76. The van der Waals surface area contributed by atoms with E-state index in [1.165, 1.54) is 16.0 Å². The SMILES string of the molecule is COc1ccc(COC[C@H](O)C[NH+]2CCc3ccccc3C2)cc1OC. The Kier molecular flexibility index (Phi) is 6.50. The van der Waals surface area contributed by atoms with Crippen LogP contribution in [0.4, 0.5) is 0 Å². The van der Waals surface area contributed by atoms with Crippen molar-refractivity contribution in [2.45, 2.75) is 25.7 Å². The monoisotopic (exact) mass is 358 g/mol. The van der Waals surface area contributed by atoms with Crippen LogP contribution in [-0.4, -0.2) is 45.1 Å². The van der Waals surface area contributed by atoms with Crippen molar-refractivity contribution in [3.8, 4) is 11.5 Å². The maximum atomic E-state index is 10.3. The van der Waals surface area contributed by atoms with Crippen LogP contribution in [0.2, 0.25) is 0 Å². The number of fused-ring (bicyclic) bond motifs is 1. The molecule has 0 fully saturated rings. The van der Waals surface area contributed by atoms with E-state index in [-0.39, 0.29) is 0 Å². The second kappa shape index (κ2) is 9.03. The number of rotatable bonds is 8. The van der Waals surface area contributed by atoms with Gasteiger partial charge in [0.2, 0.25) is 0 Å². The number of aliphatic hydroxyl groups is 1. The Morgan fingerprint density at radius 1 is 1.04 bits per heavy atom. The first-order valence-electron chi connectivity index (χ1n) is 9.06. The van der Waals surface area contributed by atoms with E-state index in [1.807, 2.05) is 18.2 Å². The molecule has 2 N–H and O–H groups in total. The molecule has 1 aliphatic rings. The molecule has 0 bridgehead atoms. The summed E-state index contributed by atoms with van der Waals surface area (Å²) in [5.74, 6) is 1.39. The molecule has 0 saturated carbocycles. The molecule has 0 saturated heterocycles. The summed E-state index contributed by atoms with van der Waals surface area (Å²) in [6.45, 7) is 3.52. The number of hydrogen-bond donors (Lipinski definition) is 2. The topological polar surface area (TPSA) is 52.4 Å². The second-order valence-electron chi connectivity index (χ2n) is 6.76. The van der Waals surface area contributed by atoms with Crippen molar-refractivity contribution in [1.29, 1.82) is 0 Å². The van der Waals surface area contributed by atoms with Crippen LogP contribution in [0, 0.1) is 0 Å². The van der Waals surface area contributed by atoms with E-state index in [0.717, 1.165) is 25.1 Å². The van der Waals surface area contributed by atoms with Gasteiger partial charge in [-0.3, -0.25) is 0 Å². The molecule has 140 valence electrons. The Morgan fingerprint density at radius 3 is 2.58 bits per heavy atom. The molecule has 5 nitrogen and oxygen atoms in total. The summed E-state index contributed by atoms with van der Waals surface area (Å²) in [6, 6.07) is 14.3. The smallest absolute Gasteiger partial charge is 0.161 e. The molecule has 26 heavy (non-hydrogen) atoms. The molecule has 3 rings (SSSR count). The zero-order valence-electron chi connectivity index (χ0n) is 15.5. The van der Waals surface area contributed by atoms with Crippen LogP contribution < -0.4 is 14.4 Å². The highest BCUT2D eigenvalue weighted by Gasteiger charge is 2.21. The maximum absolute atomic E-state index is 10.3. The highest BCUT2D eigenvalue weighted by atomic mass is 16.5. The molecule has 2 atom stereocenters. The molecule has 1 unspecified atom stereocenters. The van der Waals surface area contributed by atoms with E-state index < -0.39 is 6.10 Å². The molecule has 5 heteroatoms. The van der Waals surface area contributed by atoms with E-state index in [2.05, 4.69) is 24.3 Å². The van der Waals surface area contributed by atoms with Crippen LogP contribution in [0.25, 0.3) is 0 Å². The van der Waals surface area contributed by atoms with E-state index in [4.69, 9.17) is 14.2 Å². The summed E-state index contributed by atoms with van der Waals surface area (Å²) in [4.78, 5) is 1.41. The van der Waals surface area contributed by atoms with E-state index in [0.29, 0.717) is 31.3 Å². The highest BCUT2D eigenvalue weighted by Crippen LogP contribution is 2.27. The van der Waals surface area contributed by atoms with Crippen molar-refractivity contribution in [1.82, 2.24) is 0 Å². The van der Waals surface area contributed by atoms with Gasteiger partial charge in [0.1, 0.15) is 19.2 Å². The summed E-state index contributed by atoms with van der Waals surface area (Å²) in [7, 11) is 3.23. The Labute approximate surface area is 155 Å². The molecule has 0 radical (unpaired) electrons. The third kappa shape index (κ3) is 4.75. The number of benzene rings is 2. The van der Waals surface area contributed by atoms with Crippen molar-refractivity contribution in [3.63, 3.8) is 0 Å². The molecule has 0 spiro atoms. The van der Waals surface area contributed by atoms with E-state index >= 15 is 0 Å². The number of nitrogens with one attached hydrogen (secondary N) is 1. The first kappa shape index (κ1) is 18.7. The lowest BCUT2D eigenvalue weighted by Gasteiger charge is -2.27. The molecule has 0 amide bonds. The summed E-state index contributed by atoms with van der Waals surface area (Å²) < 4.78 is 16.2. The summed E-state index contributed by atoms with van der Waals surface area (Å²) in [5, 5.41) is 10.3. The molecule has 2 aromatic rings. The molecule has 0 aromatic heterocycles. The van der Waals surface area contributed by atoms with Crippen LogP contribution >= 0.6 is 0 Å². The number of ether oxygens (including phenoxy) is 3. The van der Waals surface area contributed by atoms with Gasteiger partial charge in [0.05, 0.1) is 34.0 Å². The zero-order chi connectivity index (χ0) is 18.4. The number of quaternary nitrogens is 1. The first-order chi connectivity index (χ1) is 12.7. The molecular formula is C21H28NO4+. The van der Waals surface area contributed by atoms with Gasteiger partial charge in [-0.1, -0.05) is 30.3 Å². The first-order valence-corrected chi connectivity index (χ1v) is 9.06. The predicted molar refractivity (Wildman–Crippen MR) is 99.8 cm³/mol. The standard InChI is InChI=1S/C21H27NO4/c1-24-20-8-7-16(11-21(20)25-2)14-26-15-19(23)13-22-10-9-17-5-3-4-6-18(17)12-22/h3-8,11,19,23H,9-10,12-15H2,1-2H3/p+1/t19-/m1/s1. The summed E-state index contributed by atoms with van der Waals surface area (Å²) in [5.41, 5.74) is 3.83. The number of aliphatic hydroxyl groups excluding tert-OH is 1. The van der Waals surface area contributed by atoms with Crippen LogP contribution in [0.1, 0.15) is 16.7 Å². The predicted octanol–water partition coefficient (Wildman–Crippen LogP) is 1.22. The van der Waals surface area contributed by atoms with Gasteiger partial charge in [0.25, 0.3) is 0 Å². The maximum Gasteiger partial charge on any atom is 0.161 e. The Balaban J connectivity index is 1.44. The minimum atomic E-state index is -0.463. The Bertz CT molecular complexity index is 719. The van der Waals surface area contributed by atoms with Crippen molar-refractivity contribution in [2.75, 3.05) is 33.9 Å². The molecule has 2 aromatic carbocycles. The fourth-order valence-electron chi connectivity index (χ4n) is 3.49. The largest absolute Gasteiger partial charge is 0.493 e. The third-order valence-electron chi connectivity index (χ3n) is 4.86. The quantitative estimate of drug-likeness (QED) is 0.745. The van der Waals surface area contributed by atoms with Crippen LogP contribution in [0.5, 0.6) is 11.5 Å². The summed E-state index contributed by atoms with van der Waals surface area (Å²) >= 11 is 0. The van der Waals surface area contributed by atoms with Crippen LogP contribution in [-0.2, 0) is 24.3 Å². The lowest BCUT2D eigenvalue weighted by molar-refractivity contribution is -0.919. The van der Waals surface area contributed by atoms with Gasteiger partial charge in [-0.2, -0.15) is 0 Å². The van der Waals surface area contributed by atoms with E-state index in [9.17, 15) is 5.11 Å². The Hall–Kier alpha value is -2.08. The minimum absolute atomic E-state index is 0.333. The van der Waals surface area contributed by atoms with Gasteiger partial charge in [-0.15, -0.1) is 0 Å². The highest BCUT2D eigenvalue weighted by molar-refractivity contribution is 5.42. The van der Waals surface area contributed by atoms with Crippen molar-refractivity contribution < 1.29 is 24.2 Å². The van der Waals surface area contributed by atoms with Crippen molar-refractivity contribution >= 4 is 0 Å². The molecular weight excluding hydrogens is 330 g/mol. The molecule has 0 aliphatic carbocycles. The van der Waals surface area contributed by atoms with E-state index in [1.54, 1.807) is 14.2 Å². The minimum Gasteiger partial charge on any atom is -0.493 e. The van der Waals surface area contributed by atoms with Crippen molar-refractivity contribution in [3.05, 3.63) is 59.2 Å². The third-order valence-corrected chi connectivity index (χ3v) is 4.86. The molecule has 1 aliphatic heterocycles. The van der Waals surface area contributed by atoms with Gasteiger partial charge >= 0.3 is 0 Å². The van der Waals surface area contributed by atoms with Gasteiger partial charge in [-0.25, -0.2) is 0 Å². The average Bonchev–Trinajstić information content (AvgIpc) is 2.67. The van der Waals surface area contributed by atoms with Gasteiger partial charge in [-0.05, 0) is 23.3 Å². The van der Waals surface area contributed by atoms with Gasteiger partial charge in [0.15, 0.2) is 11.5 Å². The Morgan fingerprint density at radius 2 is 1.81 bits per heavy atom. The lowest BCUT2D eigenvalue weighted by Crippen LogP contribution is -3.12. The van der Waals surface area contributed by atoms with Crippen LogP contribution in [0.15, 0.2) is 42.5 Å². The number of methoxy groups -OCH3 is 2. The van der Waals surface area contributed by atoms with Crippen molar-refractivity contribution in [2.24, 2.45) is 0 Å². The van der Waals surface area contributed by atoms with Gasteiger partial charge in [0, 0.05) is 12.0 Å². The fraction of sp³-hybridized carbons (Fsp3) is 0.429. The zero-order valence-corrected chi connectivity index (χ0v) is 15.5. The lowest BCUT2D eigenvalue weighted by atomic mass is 10.00. The number of hydrogen-bond acceptors (Lipinski definition) is 4. The normalized spacial score (nSPS) is 17.4. The van der Waals surface area contributed by atoms with Crippen LogP contribution in [0.3, 0.4) is 0 Å².